The molecule has 0 aromatic rings. The maximum absolute atomic E-state index is 11.9. The molecular formula is C13H22N2O5. The Labute approximate surface area is 117 Å². The number of amides is 2. The molecule has 1 saturated heterocycles. The average molecular weight is 286 g/mol. The zero-order valence-corrected chi connectivity index (χ0v) is 11.8. The highest BCUT2D eigenvalue weighted by atomic mass is 16.5. The summed E-state index contributed by atoms with van der Waals surface area (Å²) in [6.07, 6.45) is 0.222. The lowest BCUT2D eigenvalue weighted by atomic mass is 9.82. The van der Waals surface area contributed by atoms with E-state index < -0.39 is 29.5 Å². The number of hydrogen-bond acceptors (Lipinski definition) is 4. The summed E-state index contributed by atoms with van der Waals surface area (Å²) >= 11 is 0. The SMILES string of the molecule is CCC(CC)(CNC(=O)C1CCC(C(N)=O)O1)C(=O)O. The van der Waals surface area contributed by atoms with Gasteiger partial charge in [0.15, 0.2) is 0 Å². The van der Waals surface area contributed by atoms with Crippen LogP contribution in [-0.2, 0) is 19.1 Å². The Balaban J connectivity index is 2.55. The molecule has 0 bridgehead atoms. The highest BCUT2D eigenvalue weighted by molar-refractivity contribution is 5.84. The van der Waals surface area contributed by atoms with Gasteiger partial charge in [-0.1, -0.05) is 13.8 Å². The van der Waals surface area contributed by atoms with Gasteiger partial charge in [-0.2, -0.15) is 0 Å². The van der Waals surface area contributed by atoms with Crippen molar-refractivity contribution in [2.45, 2.75) is 51.7 Å². The zero-order valence-electron chi connectivity index (χ0n) is 11.8. The van der Waals surface area contributed by atoms with Crippen molar-refractivity contribution in [3.63, 3.8) is 0 Å². The lowest BCUT2D eigenvalue weighted by Gasteiger charge is -2.27. The first-order chi connectivity index (χ1) is 9.36. The molecule has 0 spiro atoms. The minimum absolute atomic E-state index is 0.0509. The van der Waals surface area contributed by atoms with E-state index in [1.165, 1.54) is 0 Å². The van der Waals surface area contributed by atoms with Crippen LogP contribution in [0.3, 0.4) is 0 Å². The Morgan fingerprint density at radius 3 is 2.20 bits per heavy atom. The molecule has 1 fully saturated rings. The molecular weight excluding hydrogens is 264 g/mol. The second kappa shape index (κ2) is 6.69. The molecule has 0 aromatic carbocycles. The first-order valence-corrected chi connectivity index (χ1v) is 6.82. The predicted molar refractivity (Wildman–Crippen MR) is 70.7 cm³/mol. The van der Waals surface area contributed by atoms with Crippen molar-refractivity contribution in [3.05, 3.63) is 0 Å². The molecule has 1 heterocycles. The minimum atomic E-state index is -0.961. The fraction of sp³-hybridized carbons (Fsp3) is 0.769. The fourth-order valence-corrected chi connectivity index (χ4v) is 2.29. The molecule has 0 aliphatic carbocycles. The van der Waals surface area contributed by atoms with E-state index in [0.717, 1.165) is 0 Å². The molecule has 0 saturated carbocycles. The third-order valence-corrected chi connectivity index (χ3v) is 4.04. The smallest absolute Gasteiger partial charge is 0.311 e. The number of ether oxygens (including phenoxy) is 1. The normalized spacial score (nSPS) is 22.5. The summed E-state index contributed by atoms with van der Waals surface area (Å²) < 4.78 is 5.24. The van der Waals surface area contributed by atoms with Crippen molar-refractivity contribution in [3.8, 4) is 0 Å². The van der Waals surface area contributed by atoms with Gasteiger partial charge in [0.2, 0.25) is 11.8 Å². The third-order valence-electron chi connectivity index (χ3n) is 4.04. The average Bonchev–Trinajstić information content (AvgIpc) is 2.89. The van der Waals surface area contributed by atoms with Gasteiger partial charge in [0, 0.05) is 6.54 Å². The van der Waals surface area contributed by atoms with Gasteiger partial charge in [0.25, 0.3) is 0 Å². The molecule has 1 rings (SSSR count). The Hall–Kier alpha value is -1.63. The largest absolute Gasteiger partial charge is 0.481 e. The summed E-state index contributed by atoms with van der Waals surface area (Å²) in [7, 11) is 0. The van der Waals surface area contributed by atoms with Crippen LogP contribution in [0.15, 0.2) is 0 Å². The van der Waals surface area contributed by atoms with Crippen molar-refractivity contribution in [2.75, 3.05) is 6.54 Å². The van der Waals surface area contributed by atoms with Gasteiger partial charge in [-0.25, -0.2) is 0 Å². The van der Waals surface area contributed by atoms with E-state index in [-0.39, 0.29) is 12.5 Å². The van der Waals surface area contributed by atoms with Crippen molar-refractivity contribution >= 4 is 17.8 Å². The molecule has 2 atom stereocenters. The number of nitrogens with two attached hydrogens (primary N) is 1. The van der Waals surface area contributed by atoms with E-state index in [4.69, 9.17) is 10.5 Å². The Morgan fingerprint density at radius 2 is 1.80 bits per heavy atom. The van der Waals surface area contributed by atoms with E-state index in [9.17, 15) is 19.5 Å². The lowest BCUT2D eigenvalue weighted by molar-refractivity contribution is -0.149. The molecule has 7 heteroatoms. The van der Waals surface area contributed by atoms with E-state index in [2.05, 4.69) is 5.32 Å². The van der Waals surface area contributed by atoms with Gasteiger partial charge < -0.3 is 20.9 Å². The number of nitrogens with one attached hydrogen (secondary N) is 1. The molecule has 2 amide bonds. The van der Waals surface area contributed by atoms with Gasteiger partial charge >= 0.3 is 5.97 Å². The molecule has 7 nitrogen and oxygen atoms in total. The first kappa shape index (κ1) is 16.4. The number of rotatable bonds is 7. The Morgan fingerprint density at radius 1 is 1.25 bits per heavy atom. The van der Waals surface area contributed by atoms with Crippen molar-refractivity contribution in [2.24, 2.45) is 11.1 Å². The summed E-state index contributed by atoms with van der Waals surface area (Å²) in [5.41, 5.74) is 4.15. The van der Waals surface area contributed by atoms with Crippen LogP contribution in [0.5, 0.6) is 0 Å². The maximum atomic E-state index is 11.9. The second-order valence-electron chi connectivity index (χ2n) is 5.10. The molecule has 1 aliphatic heterocycles. The number of carbonyl (C=O) groups is 3. The van der Waals surface area contributed by atoms with Gasteiger partial charge in [-0.15, -0.1) is 0 Å². The fourth-order valence-electron chi connectivity index (χ4n) is 2.29. The summed E-state index contributed by atoms with van der Waals surface area (Å²) in [5.74, 6) is -1.89. The minimum Gasteiger partial charge on any atom is -0.481 e. The monoisotopic (exact) mass is 286 g/mol. The maximum Gasteiger partial charge on any atom is 0.311 e. The molecule has 2 unspecified atom stereocenters. The van der Waals surface area contributed by atoms with Crippen LogP contribution in [0.2, 0.25) is 0 Å². The van der Waals surface area contributed by atoms with Crippen LogP contribution in [-0.4, -0.2) is 41.6 Å². The summed E-state index contributed by atoms with van der Waals surface area (Å²) in [4.78, 5) is 34.2. The second-order valence-corrected chi connectivity index (χ2v) is 5.10. The van der Waals surface area contributed by atoms with Crippen molar-refractivity contribution in [1.29, 1.82) is 0 Å². The van der Waals surface area contributed by atoms with E-state index >= 15 is 0 Å². The quantitative estimate of drug-likeness (QED) is 0.610. The lowest BCUT2D eigenvalue weighted by Crippen LogP contribution is -2.45. The van der Waals surface area contributed by atoms with Crippen molar-refractivity contribution in [1.82, 2.24) is 5.32 Å². The number of carbonyl (C=O) groups excluding carboxylic acids is 2. The molecule has 114 valence electrons. The van der Waals surface area contributed by atoms with Crippen LogP contribution in [0.4, 0.5) is 0 Å². The van der Waals surface area contributed by atoms with Crippen LogP contribution in [0.1, 0.15) is 39.5 Å². The predicted octanol–water partition coefficient (Wildman–Crippen LogP) is 0.0265. The number of carboxylic acids is 1. The number of primary amides is 1. The Kier molecular flexibility index (Phi) is 5.50. The first-order valence-electron chi connectivity index (χ1n) is 6.82. The van der Waals surface area contributed by atoms with E-state index in [1.54, 1.807) is 13.8 Å². The Bertz CT molecular complexity index is 392. The summed E-state index contributed by atoms with van der Waals surface area (Å²) in [6, 6.07) is 0. The van der Waals surface area contributed by atoms with Gasteiger partial charge in [0.05, 0.1) is 5.41 Å². The molecule has 20 heavy (non-hydrogen) atoms. The van der Waals surface area contributed by atoms with E-state index in [0.29, 0.717) is 25.7 Å². The topological polar surface area (TPSA) is 119 Å². The van der Waals surface area contributed by atoms with Crippen LogP contribution < -0.4 is 11.1 Å². The van der Waals surface area contributed by atoms with Crippen molar-refractivity contribution < 1.29 is 24.2 Å². The van der Waals surface area contributed by atoms with E-state index in [1.807, 2.05) is 0 Å². The molecule has 0 aromatic heterocycles. The molecule has 1 aliphatic rings. The van der Waals surface area contributed by atoms with Crippen LogP contribution in [0, 0.1) is 5.41 Å². The van der Waals surface area contributed by atoms with Gasteiger partial charge in [-0.3, -0.25) is 14.4 Å². The highest BCUT2D eigenvalue weighted by Crippen LogP contribution is 2.26. The number of hydrogen-bond donors (Lipinski definition) is 3. The summed E-state index contributed by atoms with van der Waals surface area (Å²) in [5, 5.41) is 11.9. The molecule has 4 N–H and O–H groups in total. The standard InChI is InChI=1S/C13H22N2O5/c1-3-13(4-2,12(18)19)7-15-11(17)9-6-5-8(20-9)10(14)16/h8-9H,3-7H2,1-2H3,(H2,14,16)(H,15,17)(H,18,19). The number of aliphatic carboxylic acids is 1. The van der Waals surface area contributed by atoms with Crippen LogP contribution in [0.25, 0.3) is 0 Å². The highest BCUT2D eigenvalue weighted by Gasteiger charge is 2.38. The third kappa shape index (κ3) is 3.47. The zero-order chi connectivity index (χ0) is 15.3. The molecule has 0 radical (unpaired) electrons. The van der Waals surface area contributed by atoms with Gasteiger partial charge in [-0.05, 0) is 25.7 Å². The van der Waals surface area contributed by atoms with Gasteiger partial charge in [0.1, 0.15) is 12.2 Å². The summed E-state index contributed by atoms with van der Waals surface area (Å²) in [6.45, 7) is 3.60. The van der Waals surface area contributed by atoms with Crippen LogP contribution >= 0.6 is 0 Å². The number of carboxylic acid groups (broad SMARTS) is 1.